The number of carbonyl (C=O) groups excluding carboxylic acids is 1. The molecule has 3 rings (SSSR count). The van der Waals surface area contributed by atoms with Gasteiger partial charge in [0.05, 0.1) is 25.6 Å². The number of rotatable bonds is 7. The van der Waals surface area contributed by atoms with E-state index in [0.717, 1.165) is 16.7 Å². The number of carbonyl (C=O) groups is 1. The molecule has 0 saturated heterocycles. The Hall–Kier alpha value is -3.61. The number of nitrogens with one attached hydrogen (secondary N) is 1. The molecule has 0 spiro atoms. The fraction of sp³-hybridized carbons (Fsp3) is 0.227. The predicted molar refractivity (Wildman–Crippen MR) is 111 cm³/mol. The van der Waals surface area contributed by atoms with Crippen molar-refractivity contribution in [3.8, 4) is 22.8 Å². The third kappa shape index (κ3) is 4.82. The van der Waals surface area contributed by atoms with Crippen molar-refractivity contribution >= 4 is 11.6 Å². The van der Waals surface area contributed by atoms with E-state index >= 15 is 0 Å². The van der Waals surface area contributed by atoms with Crippen molar-refractivity contribution in [2.24, 2.45) is 0 Å². The fourth-order valence-corrected chi connectivity index (χ4v) is 2.85. The number of aromatic nitrogens is 2. The Morgan fingerprint density at radius 2 is 1.79 bits per heavy atom. The van der Waals surface area contributed by atoms with Crippen molar-refractivity contribution in [2.75, 3.05) is 19.5 Å². The maximum atomic E-state index is 12.5. The van der Waals surface area contributed by atoms with Crippen LogP contribution in [-0.2, 0) is 17.8 Å². The van der Waals surface area contributed by atoms with E-state index in [1.807, 2.05) is 24.3 Å². The van der Waals surface area contributed by atoms with Crippen LogP contribution >= 0.6 is 0 Å². The zero-order valence-electron chi connectivity index (χ0n) is 16.6. The summed E-state index contributed by atoms with van der Waals surface area (Å²) in [6.07, 6.45) is 0.947. The zero-order chi connectivity index (χ0) is 20.8. The van der Waals surface area contributed by atoms with Crippen LogP contribution in [-0.4, -0.2) is 29.9 Å². The quantitative estimate of drug-likeness (QED) is 0.667. The summed E-state index contributed by atoms with van der Waals surface area (Å²) in [5.74, 6) is 0.684. The first kappa shape index (κ1) is 20.1. The molecule has 1 amide bonds. The molecular weight excluding hydrogens is 370 g/mol. The molecule has 7 nitrogen and oxygen atoms in total. The molecule has 150 valence electrons. The van der Waals surface area contributed by atoms with Gasteiger partial charge in [-0.25, -0.2) is 4.68 Å². The second kappa shape index (κ2) is 9.05. The number of amides is 1. The highest BCUT2D eigenvalue weighted by atomic mass is 16.5. The predicted octanol–water partition coefficient (Wildman–Crippen LogP) is 3.13. The van der Waals surface area contributed by atoms with E-state index in [0.29, 0.717) is 22.9 Å². The van der Waals surface area contributed by atoms with Crippen LogP contribution in [0.5, 0.6) is 11.5 Å². The van der Waals surface area contributed by atoms with Crippen LogP contribution in [0.15, 0.2) is 59.4 Å². The molecule has 0 aliphatic rings. The lowest BCUT2D eigenvalue weighted by Gasteiger charge is -2.12. The Kier molecular flexibility index (Phi) is 6.29. The van der Waals surface area contributed by atoms with Crippen LogP contribution in [0.2, 0.25) is 0 Å². The third-order valence-electron chi connectivity index (χ3n) is 4.50. The van der Waals surface area contributed by atoms with Crippen LogP contribution in [0.4, 0.5) is 5.69 Å². The van der Waals surface area contributed by atoms with Crippen molar-refractivity contribution in [1.29, 1.82) is 0 Å². The molecule has 0 radical (unpaired) electrons. The highest BCUT2D eigenvalue weighted by molar-refractivity contribution is 5.92. The van der Waals surface area contributed by atoms with Gasteiger partial charge in [-0.05, 0) is 30.2 Å². The summed E-state index contributed by atoms with van der Waals surface area (Å²) in [5, 5.41) is 7.09. The summed E-state index contributed by atoms with van der Waals surface area (Å²) in [5.41, 5.74) is 2.86. The van der Waals surface area contributed by atoms with Gasteiger partial charge in [0.2, 0.25) is 5.91 Å². The molecule has 1 heterocycles. The molecule has 0 aliphatic carbocycles. The highest BCUT2D eigenvalue weighted by Crippen LogP contribution is 2.29. The largest absolute Gasteiger partial charge is 0.497 e. The molecule has 29 heavy (non-hydrogen) atoms. The number of methoxy groups -OCH3 is 2. The minimum Gasteiger partial charge on any atom is -0.497 e. The van der Waals surface area contributed by atoms with Crippen molar-refractivity contribution in [1.82, 2.24) is 9.78 Å². The molecule has 1 aromatic heterocycles. The van der Waals surface area contributed by atoms with Crippen LogP contribution in [0, 0.1) is 0 Å². The van der Waals surface area contributed by atoms with E-state index in [1.54, 1.807) is 31.4 Å². The standard InChI is InChI=1S/C22H23N3O4/c1-4-15-5-7-16(8-6-15)18-11-12-22(27)25(24-18)14-21(26)23-19-10-9-17(28-2)13-20(19)29-3/h5-13H,4,14H2,1-3H3,(H,23,26). The van der Waals surface area contributed by atoms with E-state index in [2.05, 4.69) is 17.3 Å². The normalized spacial score (nSPS) is 10.4. The topological polar surface area (TPSA) is 82.5 Å². The van der Waals surface area contributed by atoms with Crippen molar-refractivity contribution in [2.45, 2.75) is 19.9 Å². The first-order valence-corrected chi connectivity index (χ1v) is 9.23. The van der Waals surface area contributed by atoms with Gasteiger partial charge in [-0.1, -0.05) is 31.2 Å². The minimum atomic E-state index is -0.387. The number of hydrogen-bond donors (Lipinski definition) is 1. The van der Waals surface area contributed by atoms with Crippen LogP contribution in [0.25, 0.3) is 11.3 Å². The summed E-state index contributed by atoms with van der Waals surface area (Å²) in [6, 6.07) is 16.1. The van der Waals surface area contributed by atoms with Crippen LogP contribution < -0.4 is 20.3 Å². The summed E-state index contributed by atoms with van der Waals surface area (Å²) in [7, 11) is 3.05. The SMILES string of the molecule is CCc1ccc(-c2ccc(=O)n(CC(=O)Nc3ccc(OC)cc3OC)n2)cc1. The number of anilines is 1. The monoisotopic (exact) mass is 393 g/mol. The smallest absolute Gasteiger partial charge is 0.267 e. The summed E-state index contributed by atoms with van der Waals surface area (Å²) < 4.78 is 11.6. The Morgan fingerprint density at radius 3 is 2.45 bits per heavy atom. The van der Waals surface area contributed by atoms with Gasteiger partial charge < -0.3 is 14.8 Å². The van der Waals surface area contributed by atoms with Crippen LogP contribution in [0.1, 0.15) is 12.5 Å². The molecule has 0 saturated carbocycles. The molecule has 0 fully saturated rings. The second-order valence-corrected chi connectivity index (χ2v) is 6.38. The van der Waals surface area contributed by atoms with E-state index in [9.17, 15) is 9.59 Å². The number of nitrogens with zero attached hydrogens (tertiary/aromatic N) is 2. The lowest BCUT2D eigenvalue weighted by Crippen LogP contribution is -2.29. The first-order chi connectivity index (χ1) is 14.0. The van der Waals surface area contributed by atoms with E-state index in [1.165, 1.54) is 18.7 Å². The number of benzene rings is 2. The lowest BCUT2D eigenvalue weighted by atomic mass is 10.1. The zero-order valence-corrected chi connectivity index (χ0v) is 16.6. The summed E-state index contributed by atoms with van der Waals surface area (Å²) >= 11 is 0. The van der Waals surface area contributed by atoms with E-state index in [4.69, 9.17) is 9.47 Å². The van der Waals surface area contributed by atoms with Crippen molar-refractivity contribution in [3.05, 3.63) is 70.5 Å². The lowest BCUT2D eigenvalue weighted by molar-refractivity contribution is -0.117. The van der Waals surface area contributed by atoms with Gasteiger partial charge in [0, 0.05) is 17.7 Å². The number of hydrogen-bond acceptors (Lipinski definition) is 5. The first-order valence-electron chi connectivity index (χ1n) is 9.23. The molecule has 0 atom stereocenters. The molecule has 0 unspecified atom stereocenters. The third-order valence-corrected chi connectivity index (χ3v) is 4.50. The van der Waals surface area contributed by atoms with Crippen molar-refractivity contribution < 1.29 is 14.3 Å². The molecular formula is C22H23N3O4. The molecule has 7 heteroatoms. The Balaban J connectivity index is 1.79. The molecule has 0 aliphatic heterocycles. The molecule has 1 N–H and O–H groups in total. The maximum absolute atomic E-state index is 12.5. The Bertz CT molecular complexity index is 1060. The minimum absolute atomic E-state index is 0.213. The van der Waals surface area contributed by atoms with Gasteiger partial charge in [-0.3, -0.25) is 9.59 Å². The van der Waals surface area contributed by atoms with Gasteiger partial charge in [0.1, 0.15) is 18.0 Å². The van der Waals surface area contributed by atoms with Crippen LogP contribution in [0.3, 0.4) is 0 Å². The Morgan fingerprint density at radius 1 is 1.03 bits per heavy atom. The molecule has 3 aromatic rings. The molecule has 0 bridgehead atoms. The average Bonchev–Trinajstić information content (AvgIpc) is 2.75. The van der Waals surface area contributed by atoms with Gasteiger partial charge in [-0.15, -0.1) is 0 Å². The fourth-order valence-electron chi connectivity index (χ4n) is 2.85. The van der Waals surface area contributed by atoms with E-state index < -0.39 is 0 Å². The summed E-state index contributed by atoms with van der Waals surface area (Å²) in [4.78, 5) is 24.7. The van der Waals surface area contributed by atoms with E-state index in [-0.39, 0.29) is 18.0 Å². The highest BCUT2D eigenvalue weighted by Gasteiger charge is 2.12. The van der Waals surface area contributed by atoms with Gasteiger partial charge in [0.15, 0.2) is 0 Å². The van der Waals surface area contributed by atoms with Gasteiger partial charge >= 0.3 is 0 Å². The summed E-state index contributed by atoms with van der Waals surface area (Å²) in [6.45, 7) is 1.87. The van der Waals surface area contributed by atoms with Gasteiger partial charge in [-0.2, -0.15) is 5.10 Å². The number of aryl methyl sites for hydroxylation is 1. The maximum Gasteiger partial charge on any atom is 0.267 e. The average molecular weight is 393 g/mol. The second-order valence-electron chi connectivity index (χ2n) is 6.38. The molecule has 2 aromatic carbocycles. The van der Waals surface area contributed by atoms with Gasteiger partial charge in [0.25, 0.3) is 5.56 Å². The Labute approximate surface area is 168 Å². The van der Waals surface area contributed by atoms with Crippen molar-refractivity contribution in [3.63, 3.8) is 0 Å². The number of ether oxygens (including phenoxy) is 2.